The van der Waals surface area contributed by atoms with Crippen LogP contribution in [0.5, 0.6) is 5.75 Å². The number of phenols is 1. The predicted molar refractivity (Wildman–Crippen MR) is 111 cm³/mol. The SMILES string of the molecule is CC(C(=O)N(N)C(=O)OC(C)(C)C)c1cc(N=Nc2ccccc2C(=O)O)ccc1O. The van der Waals surface area contributed by atoms with E-state index in [4.69, 9.17) is 10.6 Å². The lowest BCUT2D eigenvalue weighted by Crippen LogP contribution is -2.47. The highest BCUT2D eigenvalue weighted by Gasteiger charge is 2.30. The van der Waals surface area contributed by atoms with Gasteiger partial charge < -0.3 is 14.9 Å². The molecular formula is C21H24N4O6. The molecule has 0 heterocycles. The summed E-state index contributed by atoms with van der Waals surface area (Å²) in [6.07, 6.45) is -1.02. The first-order valence-electron chi connectivity index (χ1n) is 9.29. The van der Waals surface area contributed by atoms with Crippen molar-refractivity contribution in [1.82, 2.24) is 5.01 Å². The molecule has 0 fully saturated rings. The molecule has 2 rings (SSSR count). The van der Waals surface area contributed by atoms with Gasteiger partial charge in [0.1, 0.15) is 17.0 Å². The first-order chi connectivity index (χ1) is 14.4. The third-order valence-electron chi connectivity index (χ3n) is 4.08. The quantitative estimate of drug-likeness (QED) is 0.278. The van der Waals surface area contributed by atoms with E-state index in [2.05, 4.69) is 10.2 Å². The number of carboxylic acids is 1. The fraction of sp³-hybridized carbons (Fsp3) is 0.286. The van der Waals surface area contributed by atoms with Gasteiger partial charge in [-0.25, -0.2) is 15.4 Å². The normalized spacial score (nSPS) is 12.4. The molecule has 2 aromatic carbocycles. The Morgan fingerprint density at radius 2 is 1.74 bits per heavy atom. The summed E-state index contributed by atoms with van der Waals surface area (Å²) in [4.78, 5) is 35.9. The molecule has 0 aliphatic heterocycles. The van der Waals surface area contributed by atoms with Crippen LogP contribution in [0.2, 0.25) is 0 Å². The van der Waals surface area contributed by atoms with E-state index in [0.29, 0.717) is 5.01 Å². The molecule has 10 heteroatoms. The van der Waals surface area contributed by atoms with Crippen LogP contribution in [0.1, 0.15) is 49.5 Å². The summed E-state index contributed by atoms with van der Waals surface area (Å²) >= 11 is 0. The number of nitrogens with zero attached hydrogens (tertiary/aromatic N) is 3. The van der Waals surface area contributed by atoms with Gasteiger partial charge >= 0.3 is 12.1 Å². The lowest BCUT2D eigenvalue weighted by molar-refractivity contribution is -0.131. The first kappa shape index (κ1) is 23.5. The van der Waals surface area contributed by atoms with Crippen LogP contribution in [-0.2, 0) is 9.53 Å². The van der Waals surface area contributed by atoms with Crippen LogP contribution in [0.4, 0.5) is 16.2 Å². The molecule has 31 heavy (non-hydrogen) atoms. The molecule has 0 saturated carbocycles. The van der Waals surface area contributed by atoms with E-state index in [-0.39, 0.29) is 28.3 Å². The van der Waals surface area contributed by atoms with E-state index in [0.717, 1.165) is 0 Å². The number of aromatic hydroxyl groups is 1. The Bertz CT molecular complexity index is 1030. The number of imide groups is 1. The lowest BCUT2D eigenvalue weighted by atomic mass is 9.98. The number of rotatable bonds is 5. The Kier molecular flexibility index (Phi) is 7.08. The summed E-state index contributed by atoms with van der Waals surface area (Å²) in [5.41, 5.74) is -0.301. The molecule has 0 bridgehead atoms. The molecule has 2 amide bonds. The zero-order valence-electron chi connectivity index (χ0n) is 17.6. The molecule has 0 aliphatic carbocycles. The smallest absolute Gasteiger partial charge is 0.431 e. The average Bonchev–Trinajstić information content (AvgIpc) is 2.70. The van der Waals surface area contributed by atoms with Crippen LogP contribution < -0.4 is 5.84 Å². The van der Waals surface area contributed by atoms with Crippen LogP contribution in [0, 0.1) is 0 Å². The number of amides is 2. The molecule has 164 valence electrons. The number of nitrogens with two attached hydrogens (primary N) is 1. The van der Waals surface area contributed by atoms with Crippen molar-refractivity contribution in [2.24, 2.45) is 16.1 Å². The Hall–Kier alpha value is -3.79. The second kappa shape index (κ2) is 9.35. The maximum Gasteiger partial charge on any atom is 0.431 e. The molecule has 10 nitrogen and oxygen atoms in total. The topological polar surface area (TPSA) is 155 Å². The molecule has 2 aromatic rings. The number of hydrazine groups is 1. The minimum atomic E-state index is -1.15. The van der Waals surface area contributed by atoms with E-state index < -0.39 is 29.5 Å². The molecule has 1 unspecified atom stereocenters. The summed E-state index contributed by atoms with van der Waals surface area (Å²) in [6.45, 7) is 6.36. The van der Waals surface area contributed by atoms with Gasteiger partial charge in [-0.3, -0.25) is 4.79 Å². The lowest BCUT2D eigenvalue weighted by Gasteiger charge is -2.25. The molecule has 0 spiro atoms. The van der Waals surface area contributed by atoms with E-state index in [9.17, 15) is 24.6 Å². The van der Waals surface area contributed by atoms with E-state index in [1.807, 2.05) is 0 Å². The summed E-state index contributed by atoms with van der Waals surface area (Å²) in [7, 11) is 0. The van der Waals surface area contributed by atoms with Gasteiger partial charge in [-0.1, -0.05) is 12.1 Å². The summed E-state index contributed by atoms with van der Waals surface area (Å²) in [5, 5.41) is 27.7. The highest BCUT2D eigenvalue weighted by Crippen LogP contribution is 2.32. The maximum absolute atomic E-state index is 12.6. The third kappa shape index (κ3) is 6.09. The minimum absolute atomic E-state index is 0.0232. The maximum atomic E-state index is 12.6. The number of carbonyl (C=O) groups excluding carboxylic acids is 2. The molecule has 0 aliphatic rings. The van der Waals surface area contributed by atoms with Gasteiger partial charge in [0.05, 0.1) is 17.2 Å². The van der Waals surface area contributed by atoms with Crippen molar-refractivity contribution in [3.8, 4) is 5.75 Å². The zero-order valence-corrected chi connectivity index (χ0v) is 17.6. The van der Waals surface area contributed by atoms with Gasteiger partial charge in [-0.15, -0.1) is 5.11 Å². The molecule has 1 atom stereocenters. The minimum Gasteiger partial charge on any atom is -0.508 e. The second-order valence-corrected chi connectivity index (χ2v) is 7.68. The molecule has 0 aromatic heterocycles. The monoisotopic (exact) mass is 428 g/mol. The number of phenolic OH excluding ortho intramolecular Hbond substituents is 1. The second-order valence-electron chi connectivity index (χ2n) is 7.68. The van der Waals surface area contributed by atoms with Crippen LogP contribution >= 0.6 is 0 Å². The number of hydrogen-bond acceptors (Lipinski definition) is 8. The molecular weight excluding hydrogens is 404 g/mol. The number of ether oxygens (including phenoxy) is 1. The molecule has 0 radical (unpaired) electrons. The van der Waals surface area contributed by atoms with Gasteiger partial charge in [0, 0.05) is 5.56 Å². The van der Waals surface area contributed by atoms with Crippen molar-refractivity contribution < 1.29 is 29.3 Å². The van der Waals surface area contributed by atoms with Gasteiger partial charge in [0.15, 0.2) is 0 Å². The number of carbonyl (C=O) groups is 3. The Balaban J connectivity index is 2.27. The molecule has 0 saturated heterocycles. The van der Waals surface area contributed by atoms with Gasteiger partial charge in [0.25, 0.3) is 5.91 Å². The summed E-state index contributed by atoms with van der Waals surface area (Å²) in [6, 6.07) is 10.2. The van der Waals surface area contributed by atoms with Crippen molar-refractivity contribution in [2.75, 3.05) is 0 Å². The van der Waals surface area contributed by atoms with Gasteiger partial charge in [0.2, 0.25) is 0 Å². The number of carboxylic acid groups (broad SMARTS) is 1. The zero-order chi connectivity index (χ0) is 23.3. The Labute approximate surface area is 178 Å². The predicted octanol–water partition coefficient (Wildman–Crippen LogP) is 4.25. The van der Waals surface area contributed by atoms with Gasteiger partial charge in [-0.05, 0) is 58.0 Å². The molecule has 4 N–H and O–H groups in total. The van der Waals surface area contributed by atoms with E-state index in [1.54, 1.807) is 32.9 Å². The number of azo groups is 1. The van der Waals surface area contributed by atoms with Crippen molar-refractivity contribution in [2.45, 2.75) is 39.2 Å². The average molecular weight is 428 g/mol. The highest BCUT2D eigenvalue weighted by molar-refractivity contribution is 5.95. The first-order valence-corrected chi connectivity index (χ1v) is 9.29. The fourth-order valence-electron chi connectivity index (χ4n) is 2.55. The van der Waals surface area contributed by atoms with Crippen LogP contribution in [0.25, 0.3) is 0 Å². The Morgan fingerprint density at radius 3 is 2.35 bits per heavy atom. The fourth-order valence-corrected chi connectivity index (χ4v) is 2.55. The summed E-state index contributed by atoms with van der Waals surface area (Å²) < 4.78 is 5.08. The summed E-state index contributed by atoms with van der Waals surface area (Å²) in [5.74, 6) is 2.45. The van der Waals surface area contributed by atoms with Crippen molar-refractivity contribution >= 4 is 29.3 Å². The number of benzene rings is 2. The number of hydrogen-bond donors (Lipinski definition) is 3. The van der Waals surface area contributed by atoms with Crippen molar-refractivity contribution in [1.29, 1.82) is 0 Å². The van der Waals surface area contributed by atoms with E-state index in [1.165, 1.54) is 37.3 Å². The third-order valence-corrected chi connectivity index (χ3v) is 4.08. The Morgan fingerprint density at radius 1 is 1.10 bits per heavy atom. The standard InChI is InChI=1S/C21H24N4O6/c1-12(18(27)25(22)20(30)31-21(2,3)4)15-11-13(9-10-17(15)26)23-24-16-8-6-5-7-14(16)19(28)29/h5-12,26H,22H2,1-4H3,(H,28,29). The largest absolute Gasteiger partial charge is 0.508 e. The highest BCUT2D eigenvalue weighted by atomic mass is 16.6. The van der Waals surface area contributed by atoms with Crippen LogP contribution in [0.15, 0.2) is 52.7 Å². The van der Waals surface area contributed by atoms with Gasteiger partial charge in [-0.2, -0.15) is 10.1 Å². The van der Waals surface area contributed by atoms with Crippen molar-refractivity contribution in [3.05, 3.63) is 53.6 Å². The van der Waals surface area contributed by atoms with E-state index >= 15 is 0 Å². The van der Waals surface area contributed by atoms with Crippen molar-refractivity contribution in [3.63, 3.8) is 0 Å². The van der Waals surface area contributed by atoms with Crippen LogP contribution in [0.3, 0.4) is 0 Å². The number of aromatic carboxylic acids is 1. The van der Waals surface area contributed by atoms with Crippen LogP contribution in [-0.4, -0.2) is 38.8 Å².